The first-order chi connectivity index (χ1) is 10.6. The predicted octanol–water partition coefficient (Wildman–Crippen LogP) is 0.439. The normalized spacial score (nSPS) is 15.5. The number of hydrogen-bond donors (Lipinski definition) is 0. The van der Waals surface area contributed by atoms with E-state index in [9.17, 15) is 0 Å². The molecule has 25 heavy (non-hydrogen) atoms. The van der Waals surface area contributed by atoms with Gasteiger partial charge in [0.1, 0.15) is 0 Å². The zero-order chi connectivity index (χ0) is 15.7. The van der Waals surface area contributed by atoms with Gasteiger partial charge in [-0.15, -0.1) is 46.7 Å². The summed E-state index contributed by atoms with van der Waals surface area (Å²) in [5.74, 6) is 0.560. The Morgan fingerprint density at radius 1 is 0.800 bits per heavy atom. The Labute approximate surface area is 182 Å². The molecule has 0 spiro atoms. The summed E-state index contributed by atoms with van der Waals surface area (Å²) in [4.78, 5) is 0. The fourth-order valence-electron chi connectivity index (χ4n) is 3.07. The molecule has 0 amide bonds. The van der Waals surface area contributed by atoms with E-state index >= 15 is 0 Å². The van der Waals surface area contributed by atoms with Crippen LogP contribution in [0.1, 0.15) is 27.7 Å². The molecule has 0 N–H and O–H groups in total. The van der Waals surface area contributed by atoms with Gasteiger partial charge in [-0.2, -0.15) is 11.1 Å². The maximum Gasteiger partial charge on any atom is 4.00 e. The van der Waals surface area contributed by atoms with Gasteiger partial charge >= 0.3 is 25.8 Å². The molecule has 0 bridgehead atoms. The molecule has 3 heteroatoms. The van der Waals surface area contributed by atoms with Crippen LogP contribution in [-0.2, 0) is 25.8 Å². The molecular weight excluding hydrogens is 514 g/mol. The number of fused-ring (bicyclic) bond motifs is 3. The third-order valence-corrected chi connectivity index (χ3v) is 4.76. The summed E-state index contributed by atoms with van der Waals surface area (Å²) in [6.45, 7) is 8.67. The summed E-state index contributed by atoms with van der Waals surface area (Å²) >= 11 is 0. The summed E-state index contributed by atoms with van der Waals surface area (Å²) in [5, 5.41) is 5.39. The fourth-order valence-corrected chi connectivity index (χ4v) is 3.07. The summed E-state index contributed by atoms with van der Waals surface area (Å²) in [5.41, 5.74) is 4.25. The van der Waals surface area contributed by atoms with Gasteiger partial charge in [0.25, 0.3) is 0 Å². The second-order valence-electron chi connectivity index (χ2n) is 6.12. The zero-order valence-electron chi connectivity index (χ0n) is 15.0. The second-order valence-corrected chi connectivity index (χ2v) is 6.12. The average Bonchev–Trinajstić information content (AvgIpc) is 3.01. The summed E-state index contributed by atoms with van der Waals surface area (Å²) < 4.78 is 0. The quantitative estimate of drug-likeness (QED) is 0.290. The topological polar surface area (TPSA) is 0 Å². The van der Waals surface area contributed by atoms with Crippen molar-refractivity contribution in [2.45, 2.75) is 27.7 Å². The Morgan fingerprint density at radius 3 is 1.56 bits per heavy atom. The molecule has 0 aromatic heterocycles. The van der Waals surface area contributed by atoms with Gasteiger partial charge < -0.3 is 24.8 Å². The van der Waals surface area contributed by atoms with E-state index in [2.05, 4.69) is 88.4 Å². The van der Waals surface area contributed by atoms with Gasteiger partial charge in [-0.1, -0.05) is 63.1 Å². The van der Waals surface area contributed by atoms with E-state index < -0.39 is 0 Å². The van der Waals surface area contributed by atoms with E-state index in [0.717, 1.165) is 0 Å². The van der Waals surface area contributed by atoms with Crippen LogP contribution in [0.15, 0.2) is 71.3 Å². The SMILES string of the molecule is CC1=[C-]C(C)C(C)=C1C.[Cl-].[Cl-].[Hf+4].c1ccc2c(c1)[cH-]c1ccccc12. The third-order valence-electron chi connectivity index (χ3n) is 4.76. The molecule has 0 saturated heterocycles. The van der Waals surface area contributed by atoms with Crippen LogP contribution in [0, 0.1) is 12.0 Å². The number of rotatable bonds is 0. The Kier molecular flexibility index (Phi) is 10.1. The fraction of sp³-hybridized carbons (Fsp3) is 0.227. The Balaban J connectivity index is 0.000000435. The molecule has 1 aliphatic rings. The van der Waals surface area contributed by atoms with Crippen molar-refractivity contribution in [3.8, 4) is 0 Å². The Morgan fingerprint density at radius 2 is 1.24 bits per heavy atom. The molecule has 0 saturated carbocycles. The molecule has 1 atom stereocenters. The third kappa shape index (κ3) is 5.12. The molecule has 1 aliphatic carbocycles. The van der Waals surface area contributed by atoms with E-state index in [4.69, 9.17) is 0 Å². The molecule has 0 radical (unpaired) electrons. The standard InChI is InChI=1S/C13H9.C9H13.2ClH.Hf/c1-3-7-12-10(5-1)9-11-6-2-4-8-13(11)12;1-6-5-7(2)9(4)8(6)3;;;/h1-9H;6H,1-4H3;2*1H;/q2*-1;;;+4/p-2. The van der Waals surface area contributed by atoms with Crippen LogP contribution in [0.5, 0.6) is 0 Å². The van der Waals surface area contributed by atoms with Crippen LogP contribution < -0.4 is 24.8 Å². The number of hydrogen-bond acceptors (Lipinski definition) is 0. The number of benzene rings is 2. The smallest absolute Gasteiger partial charge is 1.00 e. The van der Waals surface area contributed by atoms with Crippen molar-refractivity contribution in [1.82, 2.24) is 0 Å². The minimum atomic E-state index is 0. The zero-order valence-corrected chi connectivity index (χ0v) is 20.1. The minimum absolute atomic E-state index is 0. The first kappa shape index (κ1) is 24.2. The molecule has 4 rings (SSSR count). The molecule has 128 valence electrons. The molecule has 3 aromatic carbocycles. The van der Waals surface area contributed by atoms with Gasteiger partial charge in [-0.3, -0.25) is 6.08 Å². The summed E-state index contributed by atoms with van der Waals surface area (Å²) in [6.07, 6.45) is 3.36. The van der Waals surface area contributed by atoms with E-state index in [1.54, 1.807) is 0 Å². The van der Waals surface area contributed by atoms with E-state index in [-0.39, 0.29) is 50.7 Å². The van der Waals surface area contributed by atoms with Crippen LogP contribution in [0.2, 0.25) is 0 Å². The van der Waals surface area contributed by atoms with Crippen molar-refractivity contribution in [3.05, 3.63) is 77.4 Å². The number of allylic oxidation sites excluding steroid dienone is 4. The van der Waals surface area contributed by atoms with E-state index in [1.165, 1.54) is 38.3 Å². The van der Waals surface area contributed by atoms with Gasteiger partial charge in [0.2, 0.25) is 0 Å². The van der Waals surface area contributed by atoms with Crippen LogP contribution in [0.25, 0.3) is 21.5 Å². The predicted molar refractivity (Wildman–Crippen MR) is 97.0 cm³/mol. The Hall–Kier alpha value is -0.760. The van der Waals surface area contributed by atoms with Gasteiger partial charge in [-0.05, 0) is 0 Å². The van der Waals surface area contributed by atoms with Crippen molar-refractivity contribution in [2.75, 3.05) is 0 Å². The maximum atomic E-state index is 3.36. The van der Waals surface area contributed by atoms with E-state index in [1.807, 2.05) is 0 Å². The minimum Gasteiger partial charge on any atom is -1.00 e. The number of halogens is 2. The molecule has 1 unspecified atom stereocenters. The largest absolute Gasteiger partial charge is 4.00 e. The molecule has 3 aromatic rings. The van der Waals surface area contributed by atoms with Crippen molar-refractivity contribution in [2.24, 2.45) is 5.92 Å². The molecule has 0 fully saturated rings. The monoisotopic (exact) mass is 536 g/mol. The first-order valence-corrected chi connectivity index (χ1v) is 7.89. The van der Waals surface area contributed by atoms with Crippen molar-refractivity contribution >= 4 is 21.5 Å². The van der Waals surface area contributed by atoms with Crippen LogP contribution in [0.3, 0.4) is 0 Å². The van der Waals surface area contributed by atoms with Crippen molar-refractivity contribution in [1.29, 1.82) is 0 Å². The average molecular weight is 536 g/mol. The second kappa shape index (κ2) is 10.4. The summed E-state index contributed by atoms with van der Waals surface area (Å²) in [6, 6.07) is 19.3. The maximum absolute atomic E-state index is 3.36. The van der Waals surface area contributed by atoms with Gasteiger partial charge in [-0.25, -0.2) is 5.57 Å². The van der Waals surface area contributed by atoms with Crippen molar-refractivity contribution < 1.29 is 50.7 Å². The van der Waals surface area contributed by atoms with Gasteiger partial charge in [0.15, 0.2) is 0 Å². The summed E-state index contributed by atoms with van der Waals surface area (Å²) in [7, 11) is 0. The van der Waals surface area contributed by atoms with E-state index in [0.29, 0.717) is 5.92 Å². The van der Waals surface area contributed by atoms with Crippen LogP contribution in [-0.4, -0.2) is 0 Å². The molecule has 0 heterocycles. The Bertz CT molecular complexity index is 837. The molecule has 0 nitrogen and oxygen atoms in total. The van der Waals surface area contributed by atoms with Gasteiger partial charge in [0, 0.05) is 0 Å². The molecular formula is C22H22Cl2Hf. The van der Waals surface area contributed by atoms with Crippen molar-refractivity contribution in [3.63, 3.8) is 0 Å². The van der Waals surface area contributed by atoms with Gasteiger partial charge in [0.05, 0.1) is 0 Å². The first-order valence-electron chi connectivity index (χ1n) is 7.89. The van der Waals surface area contributed by atoms with Crippen LogP contribution >= 0.6 is 0 Å². The van der Waals surface area contributed by atoms with Crippen LogP contribution in [0.4, 0.5) is 0 Å². The molecule has 0 aliphatic heterocycles.